The molecule has 0 aromatic heterocycles. The monoisotopic (exact) mass is 412 g/mol. The van der Waals surface area contributed by atoms with Crippen molar-refractivity contribution in [1.82, 2.24) is 0 Å². The van der Waals surface area contributed by atoms with Gasteiger partial charge in [-0.1, -0.05) is 18.2 Å². The normalized spacial score (nSPS) is 10.3. The molecule has 7 heteroatoms. The number of esters is 3. The Morgan fingerprint density at radius 1 is 0.767 bits per heavy atom. The summed E-state index contributed by atoms with van der Waals surface area (Å²) < 4.78 is 15.8. The molecule has 0 amide bonds. The Bertz CT molecular complexity index is 991. The first-order chi connectivity index (χ1) is 14.1. The van der Waals surface area contributed by atoms with E-state index in [9.17, 15) is 19.2 Å². The lowest BCUT2D eigenvalue weighted by Crippen LogP contribution is -2.18. The number of hydrogen-bond donors (Lipinski definition) is 0. The van der Waals surface area contributed by atoms with Crippen LogP contribution in [0, 0.1) is 20.8 Å². The van der Waals surface area contributed by atoms with Gasteiger partial charge in [0.2, 0.25) is 0 Å². The van der Waals surface area contributed by atoms with E-state index < -0.39 is 30.3 Å². The lowest BCUT2D eigenvalue weighted by atomic mass is 9.94. The molecule has 0 aliphatic heterocycles. The second kappa shape index (κ2) is 9.82. The van der Waals surface area contributed by atoms with E-state index in [4.69, 9.17) is 14.2 Å². The van der Waals surface area contributed by atoms with E-state index in [0.29, 0.717) is 33.6 Å². The predicted octanol–water partition coefficient (Wildman–Crippen LogP) is 3.43. The van der Waals surface area contributed by atoms with Gasteiger partial charge < -0.3 is 14.2 Å². The molecule has 0 spiro atoms. The van der Waals surface area contributed by atoms with Crippen LogP contribution in [-0.2, 0) is 25.5 Å². The molecule has 0 radical (unpaired) electrons. The number of rotatable bonds is 7. The highest BCUT2D eigenvalue weighted by atomic mass is 16.5. The van der Waals surface area contributed by atoms with Gasteiger partial charge in [-0.25, -0.2) is 4.79 Å². The number of ether oxygens (including phenoxy) is 3. The predicted molar refractivity (Wildman–Crippen MR) is 109 cm³/mol. The van der Waals surface area contributed by atoms with Gasteiger partial charge in [-0.2, -0.15) is 0 Å². The summed E-state index contributed by atoms with van der Waals surface area (Å²) in [7, 11) is 0. The van der Waals surface area contributed by atoms with Crippen LogP contribution in [0.2, 0.25) is 0 Å². The first-order valence-electron chi connectivity index (χ1n) is 9.35. The van der Waals surface area contributed by atoms with Crippen molar-refractivity contribution in [1.29, 1.82) is 0 Å². The molecule has 0 N–H and O–H groups in total. The third-order valence-corrected chi connectivity index (χ3v) is 4.55. The molecule has 0 aliphatic carbocycles. The summed E-state index contributed by atoms with van der Waals surface area (Å²) in [4.78, 5) is 47.7. The van der Waals surface area contributed by atoms with Crippen molar-refractivity contribution in [3.8, 4) is 11.5 Å². The molecule has 0 fully saturated rings. The van der Waals surface area contributed by atoms with Gasteiger partial charge in [0.25, 0.3) is 0 Å². The van der Waals surface area contributed by atoms with Crippen molar-refractivity contribution in [2.75, 3.05) is 6.61 Å². The van der Waals surface area contributed by atoms with E-state index in [1.807, 2.05) is 0 Å². The smallest absolute Gasteiger partial charge is 0.338 e. The summed E-state index contributed by atoms with van der Waals surface area (Å²) in [5, 5.41) is 0. The Labute approximate surface area is 174 Å². The van der Waals surface area contributed by atoms with E-state index in [-0.39, 0.29) is 12.2 Å². The molecule has 2 aromatic carbocycles. The molecule has 0 unspecified atom stereocenters. The van der Waals surface area contributed by atoms with Crippen LogP contribution in [0.15, 0.2) is 30.3 Å². The lowest BCUT2D eigenvalue weighted by Gasteiger charge is -2.20. The Hall–Kier alpha value is -3.48. The molecule has 0 bridgehead atoms. The summed E-state index contributed by atoms with van der Waals surface area (Å²) in [6.07, 6.45) is -0.161. The van der Waals surface area contributed by atoms with Gasteiger partial charge in [0, 0.05) is 25.8 Å². The van der Waals surface area contributed by atoms with Gasteiger partial charge in [-0.15, -0.1) is 0 Å². The maximum absolute atomic E-state index is 12.5. The number of hydrogen-bond acceptors (Lipinski definition) is 7. The zero-order valence-corrected chi connectivity index (χ0v) is 17.7. The fourth-order valence-corrected chi connectivity index (χ4v) is 3.00. The molecule has 0 saturated carbocycles. The molecule has 2 aromatic rings. The van der Waals surface area contributed by atoms with Crippen LogP contribution < -0.4 is 9.47 Å². The van der Waals surface area contributed by atoms with Crippen LogP contribution in [0.3, 0.4) is 0 Å². The van der Waals surface area contributed by atoms with Gasteiger partial charge in [-0.05, 0) is 49.6 Å². The fourth-order valence-electron chi connectivity index (χ4n) is 3.00. The summed E-state index contributed by atoms with van der Waals surface area (Å²) in [5.74, 6) is -1.48. The van der Waals surface area contributed by atoms with Gasteiger partial charge in [-0.3, -0.25) is 14.4 Å². The van der Waals surface area contributed by atoms with E-state index in [1.165, 1.54) is 13.8 Å². The first-order valence-corrected chi connectivity index (χ1v) is 9.35. The fraction of sp³-hybridized carbons (Fsp3) is 0.304. The molecule has 0 heterocycles. The number of carbonyl (C=O) groups excluding carboxylic acids is 4. The van der Waals surface area contributed by atoms with Crippen LogP contribution in [0.4, 0.5) is 0 Å². The van der Waals surface area contributed by atoms with E-state index >= 15 is 0 Å². The number of Topliss-reactive ketones (excluding diaryl/α,β-unsaturated/α-hetero) is 1. The molecular weight excluding hydrogens is 388 g/mol. The number of carbonyl (C=O) groups is 4. The minimum Gasteiger partial charge on any atom is -0.454 e. The summed E-state index contributed by atoms with van der Waals surface area (Å²) in [6.45, 7) is 7.22. The quantitative estimate of drug-likeness (QED) is 0.508. The molecular formula is C23H24O7. The standard InChI is InChI=1S/C23H24O7/c1-13-14(2)22(30-17(5)25)20(15(3)21(13)29-16(4)24)11-19(26)12-28-23(27)18-9-7-6-8-10-18/h6-10H,11-12H2,1-5H3. The van der Waals surface area contributed by atoms with E-state index in [1.54, 1.807) is 51.1 Å². The molecule has 0 aliphatic rings. The summed E-state index contributed by atoms with van der Waals surface area (Å²) >= 11 is 0. The maximum atomic E-state index is 12.5. The molecule has 0 atom stereocenters. The lowest BCUT2D eigenvalue weighted by molar-refractivity contribution is -0.133. The topological polar surface area (TPSA) is 96.0 Å². The van der Waals surface area contributed by atoms with Gasteiger partial charge in [0.05, 0.1) is 5.56 Å². The molecule has 0 saturated heterocycles. The van der Waals surface area contributed by atoms with Crippen molar-refractivity contribution < 1.29 is 33.4 Å². The third kappa shape index (κ3) is 5.53. The van der Waals surface area contributed by atoms with Gasteiger partial charge >= 0.3 is 17.9 Å². The minimum absolute atomic E-state index is 0.161. The Balaban J connectivity index is 2.30. The van der Waals surface area contributed by atoms with Crippen LogP contribution in [0.1, 0.15) is 46.5 Å². The Morgan fingerprint density at radius 2 is 1.30 bits per heavy atom. The van der Waals surface area contributed by atoms with Crippen molar-refractivity contribution in [3.63, 3.8) is 0 Å². The third-order valence-electron chi connectivity index (χ3n) is 4.55. The second-order valence-corrected chi connectivity index (χ2v) is 6.86. The molecule has 30 heavy (non-hydrogen) atoms. The Kier molecular flexibility index (Phi) is 7.47. The molecule has 158 valence electrons. The highest BCUT2D eigenvalue weighted by molar-refractivity contribution is 5.92. The van der Waals surface area contributed by atoms with Gasteiger partial charge in [0.1, 0.15) is 11.5 Å². The summed E-state index contributed by atoms with van der Waals surface area (Å²) in [6, 6.07) is 8.33. The van der Waals surface area contributed by atoms with Crippen molar-refractivity contribution in [2.45, 2.75) is 41.0 Å². The average Bonchev–Trinajstić information content (AvgIpc) is 2.70. The van der Waals surface area contributed by atoms with E-state index in [2.05, 4.69) is 0 Å². The SMILES string of the molecule is CC(=O)Oc1c(C)c(C)c(OC(C)=O)c(CC(=O)COC(=O)c2ccccc2)c1C. The number of ketones is 1. The van der Waals surface area contributed by atoms with Crippen LogP contribution in [0.25, 0.3) is 0 Å². The van der Waals surface area contributed by atoms with Crippen molar-refractivity contribution >= 4 is 23.7 Å². The maximum Gasteiger partial charge on any atom is 0.338 e. The molecule has 7 nitrogen and oxygen atoms in total. The number of benzene rings is 2. The average molecular weight is 412 g/mol. The van der Waals surface area contributed by atoms with Crippen molar-refractivity contribution in [2.24, 2.45) is 0 Å². The second-order valence-electron chi connectivity index (χ2n) is 6.86. The highest BCUT2D eigenvalue weighted by Crippen LogP contribution is 2.38. The van der Waals surface area contributed by atoms with Crippen LogP contribution in [0.5, 0.6) is 11.5 Å². The minimum atomic E-state index is -0.610. The zero-order valence-electron chi connectivity index (χ0n) is 17.7. The largest absolute Gasteiger partial charge is 0.454 e. The first kappa shape index (κ1) is 22.8. The Morgan fingerprint density at radius 3 is 1.87 bits per heavy atom. The highest BCUT2D eigenvalue weighted by Gasteiger charge is 2.24. The molecule has 2 rings (SSSR count). The van der Waals surface area contributed by atoms with E-state index in [0.717, 1.165) is 0 Å². The zero-order chi connectivity index (χ0) is 22.4. The van der Waals surface area contributed by atoms with Gasteiger partial charge in [0.15, 0.2) is 12.4 Å². The van der Waals surface area contributed by atoms with Crippen LogP contribution >= 0.6 is 0 Å². The summed E-state index contributed by atoms with van der Waals surface area (Å²) in [5.41, 5.74) is 2.46. The van der Waals surface area contributed by atoms with Crippen LogP contribution in [-0.4, -0.2) is 30.3 Å². The van der Waals surface area contributed by atoms with Crippen molar-refractivity contribution in [3.05, 3.63) is 58.1 Å².